The van der Waals surface area contributed by atoms with E-state index >= 15 is 0 Å². The molecule has 1 N–H and O–H groups in total. The van der Waals surface area contributed by atoms with E-state index in [9.17, 15) is 0 Å². The standard InChI is InChI=1S/C14H19N/c1-12-6-5-7-13(10-12)11-15-14-8-3-2-4-9-14/h3,5-8,10,14-15H,2,4,9,11H2,1H3. The van der Waals surface area contributed by atoms with Gasteiger partial charge in [0.05, 0.1) is 0 Å². The van der Waals surface area contributed by atoms with Gasteiger partial charge >= 0.3 is 0 Å². The largest absolute Gasteiger partial charge is 0.306 e. The molecule has 1 atom stereocenters. The molecule has 0 spiro atoms. The van der Waals surface area contributed by atoms with Crippen molar-refractivity contribution in [2.45, 2.75) is 38.8 Å². The first-order valence-electron chi connectivity index (χ1n) is 5.80. The first kappa shape index (κ1) is 10.4. The fourth-order valence-electron chi connectivity index (χ4n) is 2.05. The van der Waals surface area contributed by atoms with Crippen LogP contribution < -0.4 is 5.32 Å². The van der Waals surface area contributed by atoms with Gasteiger partial charge in [0.1, 0.15) is 0 Å². The van der Waals surface area contributed by atoms with E-state index in [4.69, 9.17) is 0 Å². The van der Waals surface area contributed by atoms with E-state index in [1.165, 1.54) is 30.4 Å². The molecule has 0 amide bonds. The van der Waals surface area contributed by atoms with Crippen LogP contribution >= 0.6 is 0 Å². The lowest BCUT2D eigenvalue weighted by molar-refractivity contribution is 0.522. The summed E-state index contributed by atoms with van der Waals surface area (Å²) in [5, 5.41) is 3.58. The average Bonchev–Trinajstić information content (AvgIpc) is 2.28. The van der Waals surface area contributed by atoms with Crippen LogP contribution in [-0.2, 0) is 6.54 Å². The number of allylic oxidation sites excluding steroid dienone is 1. The van der Waals surface area contributed by atoms with Gasteiger partial charge in [-0.25, -0.2) is 0 Å². The molecule has 15 heavy (non-hydrogen) atoms. The third-order valence-corrected chi connectivity index (χ3v) is 2.91. The maximum absolute atomic E-state index is 3.58. The van der Waals surface area contributed by atoms with Gasteiger partial charge < -0.3 is 5.32 Å². The molecule has 1 aliphatic rings. The molecule has 1 heteroatoms. The Morgan fingerprint density at radius 3 is 3.07 bits per heavy atom. The minimum atomic E-state index is 0.583. The van der Waals surface area contributed by atoms with Gasteiger partial charge in [-0.05, 0) is 31.7 Å². The molecule has 0 saturated heterocycles. The van der Waals surface area contributed by atoms with E-state index in [2.05, 4.69) is 48.7 Å². The lowest BCUT2D eigenvalue weighted by atomic mass is 10.0. The molecule has 1 nitrogen and oxygen atoms in total. The Bertz CT molecular complexity index is 341. The highest BCUT2D eigenvalue weighted by Crippen LogP contribution is 2.11. The normalized spacial score (nSPS) is 20.5. The summed E-state index contributed by atoms with van der Waals surface area (Å²) < 4.78 is 0. The van der Waals surface area contributed by atoms with E-state index in [0.29, 0.717) is 6.04 Å². The van der Waals surface area contributed by atoms with E-state index < -0.39 is 0 Å². The van der Waals surface area contributed by atoms with Gasteiger partial charge in [-0.15, -0.1) is 0 Å². The summed E-state index contributed by atoms with van der Waals surface area (Å²) in [7, 11) is 0. The Balaban J connectivity index is 1.87. The van der Waals surface area contributed by atoms with Crippen molar-refractivity contribution in [2.75, 3.05) is 0 Å². The SMILES string of the molecule is Cc1cccc(CNC2C=CCCC2)c1. The van der Waals surface area contributed by atoms with Gasteiger partial charge in [-0.3, -0.25) is 0 Å². The van der Waals surface area contributed by atoms with Crippen LogP contribution in [0.25, 0.3) is 0 Å². The summed E-state index contributed by atoms with van der Waals surface area (Å²) in [6.45, 7) is 3.13. The predicted molar refractivity (Wildman–Crippen MR) is 64.8 cm³/mol. The molecule has 0 aliphatic heterocycles. The first-order valence-corrected chi connectivity index (χ1v) is 5.80. The molecule has 1 aromatic rings. The van der Waals surface area contributed by atoms with Gasteiger partial charge in [0.15, 0.2) is 0 Å². The maximum atomic E-state index is 3.58. The van der Waals surface area contributed by atoms with Crippen LogP contribution in [0.1, 0.15) is 30.4 Å². The molecule has 0 bridgehead atoms. The summed E-state index contributed by atoms with van der Waals surface area (Å²) in [5.41, 5.74) is 2.72. The summed E-state index contributed by atoms with van der Waals surface area (Å²) in [6, 6.07) is 9.29. The molecular formula is C14H19N. The van der Waals surface area contributed by atoms with Gasteiger partial charge in [0.2, 0.25) is 0 Å². The molecule has 1 aromatic carbocycles. The van der Waals surface area contributed by atoms with Crippen molar-refractivity contribution >= 4 is 0 Å². The highest BCUT2D eigenvalue weighted by atomic mass is 14.9. The van der Waals surface area contributed by atoms with Crippen LogP contribution in [0.3, 0.4) is 0 Å². The van der Waals surface area contributed by atoms with Gasteiger partial charge in [-0.1, -0.05) is 42.0 Å². The molecule has 80 valence electrons. The van der Waals surface area contributed by atoms with Crippen LogP contribution in [0, 0.1) is 6.92 Å². The molecular weight excluding hydrogens is 182 g/mol. The van der Waals surface area contributed by atoms with Gasteiger partial charge in [0, 0.05) is 12.6 Å². The highest BCUT2D eigenvalue weighted by molar-refractivity contribution is 5.22. The van der Waals surface area contributed by atoms with Crippen LogP contribution in [0.15, 0.2) is 36.4 Å². The summed E-state index contributed by atoms with van der Waals surface area (Å²) in [5.74, 6) is 0. The highest BCUT2D eigenvalue weighted by Gasteiger charge is 2.06. The number of aryl methyl sites for hydroxylation is 1. The van der Waals surface area contributed by atoms with Crippen molar-refractivity contribution in [1.29, 1.82) is 0 Å². The fraction of sp³-hybridized carbons (Fsp3) is 0.429. The lowest BCUT2D eigenvalue weighted by Gasteiger charge is -2.18. The smallest absolute Gasteiger partial charge is 0.0253 e. The predicted octanol–water partition coefficient (Wildman–Crippen LogP) is 3.19. The second-order valence-electron chi connectivity index (χ2n) is 4.34. The van der Waals surface area contributed by atoms with E-state index in [-0.39, 0.29) is 0 Å². The molecule has 0 radical (unpaired) electrons. The number of rotatable bonds is 3. The lowest BCUT2D eigenvalue weighted by Crippen LogP contribution is -2.27. The summed E-state index contributed by atoms with van der Waals surface area (Å²) in [4.78, 5) is 0. The number of hydrogen-bond acceptors (Lipinski definition) is 1. The molecule has 1 aliphatic carbocycles. The van der Waals surface area contributed by atoms with Crippen LogP contribution in [-0.4, -0.2) is 6.04 Å². The first-order chi connectivity index (χ1) is 7.34. The maximum Gasteiger partial charge on any atom is 0.0253 e. The zero-order valence-corrected chi connectivity index (χ0v) is 9.37. The quantitative estimate of drug-likeness (QED) is 0.741. The molecule has 0 fully saturated rings. The molecule has 2 rings (SSSR count). The third-order valence-electron chi connectivity index (χ3n) is 2.91. The summed E-state index contributed by atoms with van der Waals surface area (Å²) in [6.07, 6.45) is 8.45. The Kier molecular flexibility index (Phi) is 3.57. The van der Waals surface area contributed by atoms with Crippen molar-refractivity contribution in [3.8, 4) is 0 Å². The fourth-order valence-corrected chi connectivity index (χ4v) is 2.05. The topological polar surface area (TPSA) is 12.0 Å². The van der Waals surface area contributed by atoms with E-state index in [0.717, 1.165) is 6.54 Å². The molecule has 0 aromatic heterocycles. The average molecular weight is 201 g/mol. The zero-order chi connectivity index (χ0) is 10.5. The Labute approximate surface area is 92.2 Å². The third kappa shape index (κ3) is 3.21. The van der Waals surface area contributed by atoms with Crippen LogP contribution in [0.5, 0.6) is 0 Å². The van der Waals surface area contributed by atoms with E-state index in [1.54, 1.807) is 0 Å². The Morgan fingerprint density at radius 1 is 1.40 bits per heavy atom. The van der Waals surface area contributed by atoms with Crippen LogP contribution in [0.4, 0.5) is 0 Å². The molecule has 1 unspecified atom stereocenters. The second-order valence-corrected chi connectivity index (χ2v) is 4.34. The number of nitrogens with one attached hydrogen (secondary N) is 1. The van der Waals surface area contributed by atoms with Crippen molar-refractivity contribution < 1.29 is 0 Å². The van der Waals surface area contributed by atoms with E-state index in [1.807, 2.05) is 0 Å². The Hall–Kier alpha value is -1.08. The molecule has 0 heterocycles. The van der Waals surface area contributed by atoms with Gasteiger partial charge in [0.25, 0.3) is 0 Å². The number of benzene rings is 1. The minimum absolute atomic E-state index is 0.583. The minimum Gasteiger partial charge on any atom is -0.306 e. The zero-order valence-electron chi connectivity index (χ0n) is 9.37. The number of hydrogen-bond donors (Lipinski definition) is 1. The monoisotopic (exact) mass is 201 g/mol. The van der Waals surface area contributed by atoms with Crippen LogP contribution in [0.2, 0.25) is 0 Å². The van der Waals surface area contributed by atoms with Gasteiger partial charge in [-0.2, -0.15) is 0 Å². The summed E-state index contributed by atoms with van der Waals surface area (Å²) >= 11 is 0. The Morgan fingerprint density at radius 2 is 2.33 bits per heavy atom. The van der Waals surface area contributed by atoms with Crippen molar-refractivity contribution in [3.63, 3.8) is 0 Å². The van der Waals surface area contributed by atoms with Crippen molar-refractivity contribution in [3.05, 3.63) is 47.5 Å². The van der Waals surface area contributed by atoms with Crippen molar-refractivity contribution in [1.82, 2.24) is 5.32 Å². The second kappa shape index (κ2) is 5.13. The van der Waals surface area contributed by atoms with Crippen molar-refractivity contribution in [2.24, 2.45) is 0 Å². The molecule has 0 saturated carbocycles.